The summed E-state index contributed by atoms with van der Waals surface area (Å²) in [7, 11) is 1.63. The number of carbonyl (C=O) groups excluding carboxylic acids is 1. The molecule has 1 aliphatic carbocycles. The second-order valence-corrected chi connectivity index (χ2v) is 5.13. The first kappa shape index (κ1) is 13.4. The molecule has 0 bridgehead atoms. The molecule has 0 heterocycles. The number of methoxy groups -OCH3 is 1. The zero-order chi connectivity index (χ0) is 13.0. The van der Waals surface area contributed by atoms with Crippen LogP contribution in [0.2, 0.25) is 5.02 Å². The molecule has 1 amide bonds. The molecule has 4 heteroatoms. The summed E-state index contributed by atoms with van der Waals surface area (Å²) in [6.45, 7) is 1.10. The van der Waals surface area contributed by atoms with Gasteiger partial charge in [0, 0.05) is 18.7 Å². The first-order chi connectivity index (χ1) is 8.69. The van der Waals surface area contributed by atoms with E-state index in [1.165, 1.54) is 0 Å². The van der Waals surface area contributed by atoms with Gasteiger partial charge in [-0.1, -0.05) is 30.2 Å². The van der Waals surface area contributed by atoms with Crippen molar-refractivity contribution in [3.05, 3.63) is 34.9 Å². The smallest absolute Gasteiger partial charge is 0.230 e. The Morgan fingerprint density at radius 2 is 2.06 bits per heavy atom. The summed E-state index contributed by atoms with van der Waals surface area (Å²) in [5.41, 5.74) is 0.714. The Bertz CT molecular complexity index is 412. The normalized spacial score (nSPS) is 17.0. The minimum atomic E-state index is -0.349. The van der Waals surface area contributed by atoms with Gasteiger partial charge in [0.2, 0.25) is 5.91 Å². The van der Waals surface area contributed by atoms with Crippen molar-refractivity contribution in [1.29, 1.82) is 0 Å². The number of halogens is 1. The minimum Gasteiger partial charge on any atom is -0.383 e. The number of benzene rings is 1. The van der Waals surface area contributed by atoms with E-state index in [2.05, 4.69) is 5.32 Å². The van der Waals surface area contributed by atoms with Gasteiger partial charge in [-0.3, -0.25) is 4.79 Å². The molecular formula is C14H18ClNO2. The van der Waals surface area contributed by atoms with Crippen molar-refractivity contribution in [2.45, 2.75) is 24.7 Å². The molecule has 98 valence electrons. The predicted molar refractivity (Wildman–Crippen MR) is 71.9 cm³/mol. The van der Waals surface area contributed by atoms with Gasteiger partial charge < -0.3 is 10.1 Å². The molecule has 0 saturated heterocycles. The van der Waals surface area contributed by atoms with E-state index in [9.17, 15) is 4.79 Å². The highest BCUT2D eigenvalue weighted by Gasteiger charge is 2.45. The number of hydrogen-bond donors (Lipinski definition) is 1. The Hall–Kier alpha value is -1.06. The first-order valence-electron chi connectivity index (χ1n) is 6.22. The highest BCUT2D eigenvalue weighted by atomic mass is 35.5. The molecule has 2 rings (SSSR count). The van der Waals surface area contributed by atoms with Gasteiger partial charge in [0.15, 0.2) is 0 Å². The Morgan fingerprint density at radius 3 is 2.56 bits per heavy atom. The summed E-state index contributed by atoms with van der Waals surface area (Å²) < 4.78 is 4.95. The highest BCUT2D eigenvalue weighted by molar-refractivity contribution is 6.30. The van der Waals surface area contributed by atoms with Crippen molar-refractivity contribution < 1.29 is 9.53 Å². The van der Waals surface area contributed by atoms with Crippen molar-refractivity contribution in [1.82, 2.24) is 5.32 Å². The van der Waals surface area contributed by atoms with Gasteiger partial charge in [-0.2, -0.15) is 0 Å². The second kappa shape index (κ2) is 5.72. The SMILES string of the molecule is COCCNC(=O)C1(c2ccc(Cl)cc2)CCC1. The standard InChI is InChI=1S/C14H18ClNO2/c1-18-10-9-16-13(17)14(7-2-8-14)11-3-5-12(15)6-4-11/h3-6H,2,7-10H2,1H3,(H,16,17). The molecule has 18 heavy (non-hydrogen) atoms. The maximum atomic E-state index is 12.3. The lowest BCUT2D eigenvalue weighted by atomic mass is 9.64. The van der Waals surface area contributed by atoms with Crippen molar-refractivity contribution >= 4 is 17.5 Å². The van der Waals surface area contributed by atoms with Crippen molar-refractivity contribution in [2.75, 3.05) is 20.3 Å². The Kier molecular flexibility index (Phi) is 4.25. The van der Waals surface area contributed by atoms with E-state index in [0.29, 0.717) is 18.2 Å². The van der Waals surface area contributed by atoms with Crippen LogP contribution < -0.4 is 5.32 Å². The predicted octanol–water partition coefficient (Wildman–Crippen LogP) is 2.52. The fourth-order valence-corrected chi connectivity index (χ4v) is 2.51. The van der Waals surface area contributed by atoms with E-state index >= 15 is 0 Å². The lowest BCUT2D eigenvalue weighted by Gasteiger charge is -2.40. The van der Waals surface area contributed by atoms with E-state index in [4.69, 9.17) is 16.3 Å². The Labute approximate surface area is 112 Å². The van der Waals surface area contributed by atoms with Crippen LogP contribution in [-0.2, 0) is 14.9 Å². The number of carbonyl (C=O) groups is 1. The van der Waals surface area contributed by atoms with E-state index in [1.807, 2.05) is 24.3 Å². The number of nitrogens with one attached hydrogen (secondary N) is 1. The molecule has 3 nitrogen and oxygen atoms in total. The molecule has 1 fully saturated rings. The number of ether oxygens (including phenoxy) is 1. The van der Waals surface area contributed by atoms with Gasteiger partial charge in [-0.25, -0.2) is 0 Å². The van der Waals surface area contributed by atoms with Crippen molar-refractivity contribution in [3.63, 3.8) is 0 Å². The maximum Gasteiger partial charge on any atom is 0.230 e. The highest BCUT2D eigenvalue weighted by Crippen LogP contribution is 2.44. The molecule has 0 aromatic heterocycles. The summed E-state index contributed by atoms with van der Waals surface area (Å²) in [5.74, 6) is 0.105. The van der Waals surface area contributed by atoms with Crippen LogP contribution in [0.5, 0.6) is 0 Å². The third kappa shape index (κ3) is 2.52. The summed E-state index contributed by atoms with van der Waals surface area (Å²) in [5, 5.41) is 3.64. The van der Waals surface area contributed by atoms with Crippen LogP contribution in [0.1, 0.15) is 24.8 Å². The fraction of sp³-hybridized carbons (Fsp3) is 0.500. The molecule has 0 atom stereocenters. The summed E-state index contributed by atoms with van der Waals surface area (Å²) in [4.78, 5) is 12.3. The average molecular weight is 268 g/mol. The molecule has 0 aliphatic heterocycles. The van der Waals surface area contributed by atoms with E-state index in [-0.39, 0.29) is 11.3 Å². The van der Waals surface area contributed by atoms with Crippen LogP contribution in [0, 0.1) is 0 Å². The molecule has 0 spiro atoms. The van der Waals surface area contributed by atoms with Gasteiger partial charge in [0.05, 0.1) is 12.0 Å². The first-order valence-corrected chi connectivity index (χ1v) is 6.60. The lowest BCUT2D eigenvalue weighted by molar-refractivity contribution is -0.130. The monoisotopic (exact) mass is 267 g/mol. The summed E-state index contributed by atoms with van der Waals surface area (Å²) in [6.07, 6.45) is 2.92. The largest absolute Gasteiger partial charge is 0.383 e. The zero-order valence-electron chi connectivity index (χ0n) is 10.5. The molecule has 1 aromatic carbocycles. The zero-order valence-corrected chi connectivity index (χ0v) is 11.3. The van der Waals surface area contributed by atoms with Crippen molar-refractivity contribution in [3.8, 4) is 0 Å². The van der Waals surface area contributed by atoms with Gasteiger partial charge in [0.25, 0.3) is 0 Å². The van der Waals surface area contributed by atoms with Crippen molar-refractivity contribution in [2.24, 2.45) is 0 Å². The lowest BCUT2D eigenvalue weighted by Crippen LogP contribution is -2.49. The van der Waals surface area contributed by atoms with Crippen LogP contribution in [-0.4, -0.2) is 26.2 Å². The maximum absolute atomic E-state index is 12.3. The third-order valence-corrected chi connectivity index (χ3v) is 3.88. The average Bonchev–Trinajstić information content (AvgIpc) is 2.30. The summed E-state index contributed by atoms with van der Waals surface area (Å²) in [6, 6.07) is 7.60. The topological polar surface area (TPSA) is 38.3 Å². The van der Waals surface area contributed by atoms with Crippen LogP contribution >= 0.6 is 11.6 Å². The minimum absolute atomic E-state index is 0.105. The molecule has 0 unspecified atom stereocenters. The van der Waals surface area contributed by atoms with Gasteiger partial charge in [0.1, 0.15) is 0 Å². The number of hydrogen-bond acceptors (Lipinski definition) is 2. The molecule has 1 saturated carbocycles. The molecule has 1 aromatic rings. The van der Waals surface area contributed by atoms with Crippen LogP contribution in [0.15, 0.2) is 24.3 Å². The van der Waals surface area contributed by atoms with Gasteiger partial charge >= 0.3 is 0 Å². The molecule has 1 N–H and O–H groups in total. The number of rotatable bonds is 5. The quantitative estimate of drug-likeness (QED) is 0.833. The van der Waals surface area contributed by atoms with Crippen LogP contribution in [0.3, 0.4) is 0 Å². The van der Waals surface area contributed by atoms with Crippen LogP contribution in [0.4, 0.5) is 0 Å². The van der Waals surface area contributed by atoms with E-state index in [1.54, 1.807) is 7.11 Å². The second-order valence-electron chi connectivity index (χ2n) is 4.69. The number of amides is 1. The van der Waals surface area contributed by atoms with E-state index in [0.717, 1.165) is 24.8 Å². The molecule has 1 aliphatic rings. The fourth-order valence-electron chi connectivity index (χ4n) is 2.38. The van der Waals surface area contributed by atoms with E-state index < -0.39 is 0 Å². The molecule has 0 radical (unpaired) electrons. The van der Waals surface area contributed by atoms with Crippen LogP contribution in [0.25, 0.3) is 0 Å². The Morgan fingerprint density at radius 1 is 1.39 bits per heavy atom. The Balaban J connectivity index is 2.10. The molecular weight excluding hydrogens is 250 g/mol. The van der Waals surface area contributed by atoms with Gasteiger partial charge in [-0.05, 0) is 30.5 Å². The van der Waals surface area contributed by atoms with Gasteiger partial charge in [-0.15, -0.1) is 0 Å². The summed E-state index contributed by atoms with van der Waals surface area (Å²) >= 11 is 5.89. The third-order valence-electron chi connectivity index (χ3n) is 3.63.